The van der Waals surface area contributed by atoms with E-state index in [9.17, 15) is 9.59 Å². The largest absolute Gasteiger partial charge is 0.342 e. The average Bonchev–Trinajstić information content (AvgIpc) is 2.46. The quantitative estimate of drug-likeness (QED) is 0.886. The Morgan fingerprint density at radius 3 is 2.95 bits per heavy atom. The van der Waals surface area contributed by atoms with Crippen LogP contribution in [0.3, 0.4) is 0 Å². The Hall–Kier alpha value is -1.24. The highest BCUT2D eigenvalue weighted by molar-refractivity contribution is 8.01. The first-order chi connectivity index (χ1) is 9.92. The number of nitrogens with zero attached hydrogens (tertiary/aromatic N) is 1. The number of carbonyl (C=O) groups excluding carboxylic acids is 2. The van der Waals surface area contributed by atoms with Gasteiger partial charge in [0.1, 0.15) is 0 Å². The molecule has 1 aromatic rings. The molecule has 2 unspecified atom stereocenters. The number of hydrogen-bond acceptors (Lipinski definition) is 4. The minimum atomic E-state index is -0.432. The van der Waals surface area contributed by atoms with Crippen molar-refractivity contribution in [2.24, 2.45) is 5.73 Å². The van der Waals surface area contributed by atoms with Crippen molar-refractivity contribution in [1.29, 1.82) is 0 Å². The highest BCUT2D eigenvalue weighted by atomic mass is 35.5. The maximum Gasteiger partial charge on any atom is 0.238 e. The second-order valence-corrected chi connectivity index (χ2v) is 6.71. The summed E-state index contributed by atoms with van der Waals surface area (Å²) in [5.74, 6) is -0.255. The molecule has 2 atom stereocenters. The molecule has 1 heterocycles. The number of anilines is 1. The summed E-state index contributed by atoms with van der Waals surface area (Å²) in [6.45, 7) is 2.27. The molecule has 0 fully saturated rings. The van der Waals surface area contributed by atoms with Gasteiger partial charge in [0.2, 0.25) is 11.8 Å². The smallest absolute Gasteiger partial charge is 0.238 e. The van der Waals surface area contributed by atoms with E-state index in [1.165, 1.54) is 11.8 Å². The molecule has 0 bridgehead atoms. The molecule has 2 amide bonds. The first kappa shape index (κ1) is 16.1. The topological polar surface area (TPSA) is 75.4 Å². The Balaban J connectivity index is 2.07. The van der Waals surface area contributed by atoms with Crippen molar-refractivity contribution in [2.45, 2.75) is 29.5 Å². The van der Waals surface area contributed by atoms with Crippen LogP contribution < -0.4 is 11.1 Å². The lowest BCUT2D eigenvalue weighted by Gasteiger charge is -2.28. The van der Waals surface area contributed by atoms with Crippen LogP contribution in [0, 0.1) is 0 Å². The fraction of sp³-hybridized carbons (Fsp3) is 0.429. The molecule has 0 aliphatic carbocycles. The Labute approximate surface area is 133 Å². The van der Waals surface area contributed by atoms with Gasteiger partial charge in [-0.25, -0.2) is 0 Å². The third-order valence-corrected chi connectivity index (χ3v) is 5.03. The zero-order chi connectivity index (χ0) is 15.6. The van der Waals surface area contributed by atoms with Crippen LogP contribution in [0.25, 0.3) is 0 Å². The standard InChI is InChI=1S/C14H18ClN3O2S/c1-8(7-16)18(2)13(19)6-12-14(20)17-10-5-9(15)3-4-11(10)21-12/h3-5,8,12H,6-7,16H2,1-2H3,(H,17,20). The number of nitrogens with two attached hydrogens (primary N) is 1. The van der Waals surface area contributed by atoms with Gasteiger partial charge >= 0.3 is 0 Å². The van der Waals surface area contributed by atoms with Crippen LogP contribution in [0.4, 0.5) is 5.69 Å². The van der Waals surface area contributed by atoms with Crippen LogP contribution in [0.1, 0.15) is 13.3 Å². The van der Waals surface area contributed by atoms with Gasteiger partial charge in [0.05, 0.1) is 10.9 Å². The Kier molecular flexibility index (Phi) is 5.13. The van der Waals surface area contributed by atoms with E-state index in [1.807, 2.05) is 13.0 Å². The van der Waals surface area contributed by atoms with Crippen molar-refractivity contribution in [3.8, 4) is 0 Å². The van der Waals surface area contributed by atoms with Crippen LogP contribution in [0.2, 0.25) is 5.02 Å². The number of likely N-dealkylation sites (N-methyl/N-ethyl adjacent to an activating group) is 1. The highest BCUT2D eigenvalue weighted by Gasteiger charge is 2.30. The number of nitrogens with one attached hydrogen (secondary N) is 1. The molecular weight excluding hydrogens is 310 g/mol. The van der Waals surface area contributed by atoms with Gasteiger partial charge in [-0.1, -0.05) is 11.6 Å². The molecule has 21 heavy (non-hydrogen) atoms. The second-order valence-electron chi connectivity index (χ2n) is 5.03. The summed E-state index contributed by atoms with van der Waals surface area (Å²) in [7, 11) is 1.71. The summed E-state index contributed by atoms with van der Waals surface area (Å²) >= 11 is 7.29. The van der Waals surface area contributed by atoms with Crippen molar-refractivity contribution in [3.05, 3.63) is 23.2 Å². The number of rotatable bonds is 4. The zero-order valence-corrected chi connectivity index (χ0v) is 13.5. The molecule has 0 saturated heterocycles. The SMILES string of the molecule is CC(CN)N(C)C(=O)CC1Sc2ccc(Cl)cc2NC1=O. The van der Waals surface area contributed by atoms with E-state index < -0.39 is 5.25 Å². The van der Waals surface area contributed by atoms with Crippen molar-refractivity contribution >= 4 is 40.9 Å². The number of amides is 2. The average molecular weight is 328 g/mol. The monoisotopic (exact) mass is 327 g/mol. The molecule has 3 N–H and O–H groups in total. The summed E-state index contributed by atoms with van der Waals surface area (Å²) in [6, 6.07) is 5.29. The van der Waals surface area contributed by atoms with Gasteiger partial charge in [0.15, 0.2) is 0 Å². The summed E-state index contributed by atoms with van der Waals surface area (Å²) < 4.78 is 0. The van der Waals surface area contributed by atoms with Gasteiger partial charge in [-0.3, -0.25) is 9.59 Å². The molecule has 0 spiro atoms. The van der Waals surface area contributed by atoms with Crippen molar-refractivity contribution < 1.29 is 9.59 Å². The Bertz CT molecular complexity index is 567. The number of benzene rings is 1. The van der Waals surface area contributed by atoms with E-state index in [1.54, 1.807) is 24.1 Å². The highest BCUT2D eigenvalue weighted by Crippen LogP contribution is 2.38. The van der Waals surface area contributed by atoms with Crippen molar-refractivity contribution in [3.63, 3.8) is 0 Å². The van der Waals surface area contributed by atoms with Crippen LogP contribution in [0.15, 0.2) is 23.1 Å². The predicted octanol–water partition coefficient (Wildman–Crippen LogP) is 1.95. The van der Waals surface area contributed by atoms with Crippen LogP contribution in [-0.2, 0) is 9.59 Å². The van der Waals surface area contributed by atoms with Gasteiger partial charge in [-0.2, -0.15) is 0 Å². The van der Waals surface area contributed by atoms with Crippen molar-refractivity contribution in [1.82, 2.24) is 4.90 Å². The normalized spacial score (nSPS) is 18.7. The Morgan fingerprint density at radius 2 is 2.29 bits per heavy atom. The summed E-state index contributed by atoms with van der Waals surface area (Å²) in [6.07, 6.45) is 0.152. The van der Waals surface area contributed by atoms with Gasteiger partial charge in [-0.15, -0.1) is 11.8 Å². The van der Waals surface area contributed by atoms with E-state index in [2.05, 4.69) is 5.32 Å². The molecule has 1 aliphatic rings. The lowest BCUT2D eigenvalue weighted by Crippen LogP contribution is -2.42. The maximum atomic E-state index is 12.2. The predicted molar refractivity (Wildman–Crippen MR) is 85.6 cm³/mol. The van der Waals surface area contributed by atoms with Crippen molar-refractivity contribution in [2.75, 3.05) is 18.9 Å². The second kappa shape index (κ2) is 6.68. The van der Waals surface area contributed by atoms with E-state index in [4.69, 9.17) is 17.3 Å². The fourth-order valence-electron chi connectivity index (χ4n) is 1.96. The van der Waals surface area contributed by atoms with Gasteiger partial charge in [-0.05, 0) is 25.1 Å². The molecule has 0 aromatic heterocycles. The lowest BCUT2D eigenvalue weighted by molar-refractivity contribution is -0.132. The minimum absolute atomic E-state index is 0.0414. The molecule has 0 radical (unpaired) electrons. The number of fused-ring (bicyclic) bond motifs is 1. The van der Waals surface area contributed by atoms with Crippen LogP contribution in [-0.4, -0.2) is 41.6 Å². The maximum absolute atomic E-state index is 12.2. The third-order valence-electron chi connectivity index (χ3n) is 3.52. The van der Waals surface area contributed by atoms with Gasteiger partial charge in [0.25, 0.3) is 0 Å². The lowest BCUT2D eigenvalue weighted by atomic mass is 10.2. The summed E-state index contributed by atoms with van der Waals surface area (Å²) in [5.41, 5.74) is 6.26. The molecule has 5 nitrogen and oxygen atoms in total. The first-order valence-corrected chi connectivity index (χ1v) is 7.91. The third kappa shape index (κ3) is 3.70. The van der Waals surface area contributed by atoms with E-state index in [0.29, 0.717) is 17.3 Å². The number of thioether (sulfide) groups is 1. The molecular formula is C14H18ClN3O2S. The number of halogens is 1. The summed E-state index contributed by atoms with van der Waals surface area (Å²) in [5, 5.41) is 2.94. The molecule has 1 aromatic carbocycles. The summed E-state index contributed by atoms with van der Waals surface area (Å²) in [4.78, 5) is 26.8. The molecule has 1 aliphatic heterocycles. The van der Waals surface area contributed by atoms with Crippen LogP contribution >= 0.6 is 23.4 Å². The fourth-order valence-corrected chi connectivity index (χ4v) is 3.22. The molecule has 114 valence electrons. The van der Waals surface area contributed by atoms with Gasteiger partial charge < -0.3 is 16.0 Å². The molecule has 7 heteroatoms. The van der Waals surface area contributed by atoms with E-state index in [0.717, 1.165) is 4.90 Å². The molecule has 2 rings (SSSR count). The zero-order valence-electron chi connectivity index (χ0n) is 11.9. The minimum Gasteiger partial charge on any atom is -0.342 e. The first-order valence-electron chi connectivity index (χ1n) is 6.65. The van der Waals surface area contributed by atoms with E-state index in [-0.39, 0.29) is 24.3 Å². The molecule has 0 saturated carbocycles. The van der Waals surface area contributed by atoms with E-state index >= 15 is 0 Å². The number of hydrogen-bond donors (Lipinski definition) is 2. The van der Waals surface area contributed by atoms with Gasteiger partial charge in [0, 0.05) is 36.0 Å². The number of carbonyl (C=O) groups is 2. The Morgan fingerprint density at radius 1 is 1.57 bits per heavy atom. The van der Waals surface area contributed by atoms with Crippen LogP contribution in [0.5, 0.6) is 0 Å².